The number of phosphoric acid groups is 1. The van der Waals surface area contributed by atoms with Gasteiger partial charge in [-0.25, -0.2) is 42.5 Å². The number of aromatic nitrogens is 6. The predicted molar refractivity (Wildman–Crippen MR) is 177 cm³/mol. The summed E-state index contributed by atoms with van der Waals surface area (Å²) in [5.74, 6) is -0.0495. The Labute approximate surface area is 303 Å². The lowest BCUT2D eigenvalue weighted by Gasteiger charge is -2.27. The third-order valence-corrected chi connectivity index (χ3v) is 12.9. The standard InChI is InChI=1S/C27H26ClF2N7O13P2S/c28-26(39)46-13-3-1-12(2-4-13)9-53-52(43)45-7-14-17(29)21(25(47-14)37-11-34-19-22(31)32-10-33-23(19)37)49-51(41,42)44-8-15-20(50-52)18(30)24(48-15)36-6-5-16(38)35-27(36)40/h1-6,10-11,14-15,17-18,20-21,24-25H,7-9H2,(H,41,42)(H2,31,32,33)(H,35,38,40)/t14-,15-,17-,18-,20-,21-,24-,25-,52?/m1/s1. The number of anilines is 1. The minimum atomic E-state index is -5.26. The summed E-state index contributed by atoms with van der Waals surface area (Å²) >= 11 is 5.80. The lowest BCUT2D eigenvalue weighted by molar-refractivity contribution is -0.0640. The van der Waals surface area contributed by atoms with Crippen LogP contribution in [0.3, 0.4) is 0 Å². The molecule has 3 saturated heterocycles. The van der Waals surface area contributed by atoms with Crippen LogP contribution in [0.4, 0.5) is 19.4 Å². The van der Waals surface area contributed by atoms with E-state index in [1.807, 2.05) is 4.98 Å². The van der Waals surface area contributed by atoms with Crippen molar-refractivity contribution >= 4 is 60.0 Å². The van der Waals surface area contributed by atoms with Gasteiger partial charge in [-0.05, 0) is 29.1 Å². The number of nitrogens with one attached hydrogen (secondary N) is 1. The molecule has 3 aliphatic rings. The van der Waals surface area contributed by atoms with Gasteiger partial charge in [-0.3, -0.25) is 37.0 Å². The number of carbonyl (C=O) groups excluding carboxylic acids is 1. The molecular weight excluding hydrogens is 798 g/mol. The number of benzene rings is 1. The Kier molecular flexibility index (Phi) is 10.6. The van der Waals surface area contributed by atoms with Crippen molar-refractivity contribution in [2.24, 2.45) is 0 Å². The molecule has 10 atom stereocenters. The summed E-state index contributed by atoms with van der Waals surface area (Å²) in [5.41, 5.74) is 3.59. The average molecular weight is 824 g/mol. The first kappa shape index (κ1) is 37.7. The van der Waals surface area contributed by atoms with E-state index in [-0.39, 0.29) is 28.5 Å². The van der Waals surface area contributed by atoms with Gasteiger partial charge in [0.15, 0.2) is 36.3 Å². The zero-order chi connectivity index (χ0) is 37.7. The second-order valence-corrected chi connectivity index (χ2v) is 17.3. The van der Waals surface area contributed by atoms with E-state index < -0.39 is 93.7 Å². The number of fused-ring (bicyclic) bond motifs is 4. The zero-order valence-corrected chi connectivity index (χ0v) is 29.8. The number of ether oxygens (including phenoxy) is 3. The maximum Gasteiger partial charge on any atom is 0.472 e. The second kappa shape index (κ2) is 14.9. The Morgan fingerprint density at radius 1 is 1.00 bits per heavy atom. The molecule has 1 aromatic carbocycles. The van der Waals surface area contributed by atoms with Crippen molar-refractivity contribution in [1.29, 1.82) is 0 Å². The summed E-state index contributed by atoms with van der Waals surface area (Å²) in [7, 11) is -5.26. The van der Waals surface area contributed by atoms with E-state index in [0.29, 0.717) is 21.5 Å². The molecule has 0 amide bonds. The number of hydrogen-bond acceptors (Lipinski definition) is 17. The number of H-pyrrole nitrogens is 1. The van der Waals surface area contributed by atoms with Crippen LogP contribution >= 0.6 is 37.6 Å². The van der Waals surface area contributed by atoms with Crippen molar-refractivity contribution in [3.63, 3.8) is 0 Å². The van der Waals surface area contributed by atoms with E-state index in [4.69, 9.17) is 49.6 Å². The van der Waals surface area contributed by atoms with Crippen LogP contribution < -0.4 is 21.7 Å². The van der Waals surface area contributed by atoms with E-state index in [1.54, 1.807) is 0 Å². The fourth-order valence-electron chi connectivity index (χ4n) is 5.69. The van der Waals surface area contributed by atoms with Crippen molar-refractivity contribution in [1.82, 2.24) is 29.1 Å². The molecule has 0 aliphatic carbocycles. The molecule has 4 N–H and O–H groups in total. The fourth-order valence-corrected chi connectivity index (χ4v) is 10.1. The Balaban J connectivity index is 1.22. The highest BCUT2D eigenvalue weighted by molar-refractivity contribution is 8.54. The first-order valence-electron chi connectivity index (χ1n) is 15.2. The Hall–Kier alpha value is -3.60. The second-order valence-electron chi connectivity index (χ2n) is 11.5. The molecule has 0 spiro atoms. The highest BCUT2D eigenvalue weighted by Crippen LogP contribution is 2.64. The summed E-state index contributed by atoms with van der Waals surface area (Å²) in [6.45, 7) is -6.43. The number of carbonyl (C=O) groups is 1. The molecule has 2 bridgehead atoms. The SMILES string of the molecule is Nc1ncnc2c1ncn2[C@@H]1O[C@@H]2COP(=O)(SCc3ccc(OC(=O)Cl)cc3)O[C@H]3[C@@H](F)[C@H](n4ccc(=O)[nH]c4=O)O[C@@H]3COP(=O)(O)O[C@@H]1[C@@H]2F. The maximum atomic E-state index is 16.3. The van der Waals surface area contributed by atoms with Gasteiger partial charge in [-0.1, -0.05) is 12.1 Å². The van der Waals surface area contributed by atoms with Gasteiger partial charge in [-0.15, -0.1) is 0 Å². The minimum Gasteiger partial charge on any atom is -0.415 e. The molecule has 20 nitrogen and oxygen atoms in total. The molecule has 26 heteroatoms. The monoisotopic (exact) mass is 823 g/mol. The molecule has 4 aromatic rings. The number of nitrogens with zero attached hydrogens (tertiary/aromatic N) is 5. The predicted octanol–water partition coefficient (Wildman–Crippen LogP) is 3.13. The third kappa shape index (κ3) is 7.96. The molecule has 53 heavy (non-hydrogen) atoms. The first-order chi connectivity index (χ1) is 25.2. The van der Waals surface area contributed by atoms with Gasteiger partial charge >= 0.3 is 25.7 Å². The molecule has 2 unspecified atom stereocenters. The number of halogens is 3. The number of aromatic amines is 1. The van der Waals surface area contributed by atoms with E-state index in [0.717, 1.165) is 18.6 Å². The lowest BCUT2D eigenvalue weighted by Crippen LogP contribution is -2.36. The van der Waals surface area contributed by atoms with Crippen molar-refractivity contribution in [3.05, 3.63) is 75.6 Å². The van der Waals surface area contributed by atoms with Gasteiger partial charge in [-0.2, -0.15) is 0 Å². The van der Waals surface area contributed by atoms with Gasteiger partial charge < -0.3 is 24.8 Å². The van der Waals surface area contributed by atoms with Gasteiger partial charge in [0.1, 0.15) is 42.0 Å². The summed E-state index contributed by atoms with van der Waals surface area (Å²) in [5, 5.41) is 0. The van der Waals surface area contributed by atoms with Crippen LogP contribution in [0.25, 0.3) is 11.2 Å². The van der Waals surface area contributed by atoms with E-state index in [2.05, 4.69) is 15.0 Å². The highest BCUT2D eigenvalue weighted by atomic mass is 35.5. The normalized spacial score (nSPS) is 33.4. The molecule has 3 aromatic heterocycles. The number of nitrogens with two attached hydrogens (primary N) is 1. The molecular formula is C27H26ClF2N7O13P2S. The number of hydrogen-bond donors (Lipinski definition) is 3. The van der Waals surface area contributed by atoms with E-state index in [9.17, 15) is 28.4 Å². The Morgan fingerprint density at radius 2 is 1.74 bits per heavy atom. The average Bonchev–Trinajstić information content (AvgIpc) is 3.76. The van der Waals surface area contributed by atoms with Crippen molar-refractivity contribution in [2.75, 3.05) is 18.9 Å². The molecule has 3 aliphatic heterocycles. The molecule has 0 saturated carbocycles. The van der Waals surface area contributed by atoms with Gasteiger partial charge in [0.25, 0.3) is 5.56 Å². The number of imidazole rings is 1. The van der Waals surface area contributed by atoms with Crippen LogP contribution in [0.15, 0.2) is 58.8 Å². The number of alkyl halides is 2. The molecule has 6 heterocycles. The largest absolute Gasteiger partial charge is 0.472 e. The lowest BCUT2D eigenvalue weighted by atomic mass is 10.1. The molecule has 3 fully saturated rings. The van der Waals surface area contributed by atoms with Crippen LogP contribution in [0, 0.1) is 0 Å². The highest BCUT2D eigenvalue weighted by Gasteiger charge is 2.55. The van der Waals surface area contributed by atoms with Crippen molar-refractivity contribution < 1.29 is 59.9 Å². The van der Waals surface area contributed by atoms with Crippen molar-refractivity contribution in [3.8, 4) is 5.75 Å². The number of nitrogen functional groups attached to an aromatic ring is 1. The van der Waals surface area contributed by atoms with Crippen LogP contribution in [-0.2, 0) is 42.5 Å². The number of phosphoric ester groups is 1. The molecule has 0 radical (unpaired) electrons. The van der Waals surface area contributed by atoms with Gasteiger partial charge in [0.05, 0.1) is 19.5 Å². The van der Waals surface area contributed by atoms with Crippen LogP contribution in [0.2, 0.25) is 0 Å². The Morgan fingerprint density at radius 3 is 2.47 bits per heavy atom. The molecule has 7 rings (SSSR count). The summed E-state index contributed by atoms with van der Waals surface area (Å²) < 4.78 is 100. The summed E-state index contributed by atoms with van der Waals surface area (Å²) in [4.78, 5) is 60.1. The quantitative estimate of drug-likeness (QED) is 0.186. The van der Waals surface area contributed by atoms with E-state index >= 15 is 8.78 Å². The number of rotatable bonds is 6. The van der Waals surface area contributed by atoms with Crippen LogP contribution in [-0.4, -0.2) is 89.4 Å². The smallest absolute Gasteiger partial charge is 0.415 e. The van der Waals surface area contributed by atoms with Crippen LogP contribution in [0.5, 0.6) is 5.75 Å². The van der Waals surface area contributed by atoms with Gasteiger partial charge in [0, 0.05) is 29.6 Å². The minimum absolute atomic E-state index is 0.0243. The molecule has 284 valence electrons. The van der Waals surface area contributed by atoms with Gasteiger partial charge in [0.2, 0.25) is 0 Å². The van der Waals surface area contributed by atoms with Crippen molar-refractivity contribution in [2.45, 2.75) is 55.0 Å². The first-order valence-corrected chi connectivity index (χ1v) is 20.2. The third-order valence-electron chi connectivity index (χ3n) is 8.13. The van der Waals surface area contributed by atoms with E-state index in [1.165, 1.54) is 35.2 Å². The van der Waals surface area contributed by atoms with Crippen LogP contribution in [0.1, 0.15) is 18.0 Å². The Bertz CT molecular complexity index is 2240. The fraction of sp³-hybridized carbons (Fsp3) is 0.407. The zero-order valence-electron chi connectivity index (χ0n) is 26.5. The maximum absolute atomic E-state index is 16.3. The summed E-state index contributed by atoms with van der Waals surface area (Å²) in [6.07, 6.45) is -11.8. The topological polar surface area (TPSA) is 261 Å². The summed E-state index contributed by atoms with van der Waals surface area (Å²) in [6, 6.07) is 6.70.